The minimum absolute atomic E-state index is 0.0189. The van der Waals surface area contributed by atoms with E-state index in [2.05, 4.69) is 32.5 Å². The third-order valence-corrected chi connectivity index (χ3v) is 2.74. The number of ether oxygens (including phenoxy) is 1. The first-order valence-corrected chi connectivity index (χ1v) is 7.10. The highest BCUT2D eigenvalue weighted by Crippen LogP contribution is 2.14. The lowest BCUT2D eigenvalue weighted by molar-refractivity contribution is 0.248. The number of aliphatic hydroxyl groups excluding tert-OH is 1. The van der Waals surface area contributed by atoms with Gasteiger partial charge >= 0.3 is 6.01 Å². The summed E-state index contributed by atoms with van der Waals surface area (Å²) in [5, 5.41) is 15.6. The van der Waals surface area contributed by atoms with E-state index in [0.717, 1.165) is 13.0 Å². The van der Waals surface area contributed by atoms with Gasteiger partial charge in [0.05, 0.1) is 19.3 Å². The summed E-state index contributed by atoms with van der Waals surface area (Å²) in [6, 6.07) is 0.176. The van der Waals surface area contributed by atoms with Crippen LogP contribution in [-0.4, -0.2) is 45.9 Å². The molecule has 1 aromatic rings. The van der Waals surface area contributed by atoms with E-state index >= 15 is 0 Å². The SMILES string of the molecule is CCCNc1nc(N[C@H](CO)C(C)C)nc(OCC)n1. The Labute approximate surface area is 120 Å². The van der Waals surface area contributed by atoms with Crippen molar-refractivity contribution in [2.24, 2.45) is 5.92 Å². The van der Waals surface area contributed by atoms with Crippen LogP contribution in [0.25, 0.3) is 0 Å². The second kappa shape index (κ2) is 8.52. The molecule has 3 N–H and O–H groups in total. The lowest BCUT2D eigenvalue weighted by Crippen LogP contribution is -2.30. The maximum atomic E-state index is 9.36. The van der Waals surface area contributed by atoms with Gasteiger partial charge in [-0.15, -0.1) is 0 Å². The van der Waals surface area contributed by atoms with Crippen LogP contribution < -0.4 is 15.4 Å². The molecule has 0 spiro atoms. The largest absolute Gasteiger partial charge is 0.464 e. The van der Waals surface area contributed by atoms with Gasteiger partial charge in [-0.25, -0.2) is 0 Å². The Morgan fingerprint density at radius 2 is 1.85 bits per heavy atom. The van der Waals surface area contributed by atoms with Crippen molar-refractivity contribution in [1.29, 1.82) is 0 Å². The molecule has 0 unspecified atom stereocenters. The van der Waals surface area contributed by atoms with Crippen molar-refractivity contribution in [3.8, 4) is 6.01 Å². The van der Waals surface area contributed by atoms with E-state index in [9.17, 15) is 5.11 Å². The van der Waals surface area contributed by atoms with E-state index in [1.165, 1.54) is 0 Å². The Hall–Kier alpha value is -1.63. The first-order valence-electron chi connectivity index (χ1n) is 7.10. The standard InChI is InChI=1S/C13H25N5O2/c1-5-7-14-11-16-12(15-10(8-19)9(3)4)18-13(17-11)20-6-2/h9-10,19H,5-8H2,1-4H3,(H2,14,15,16,17,18)/t10-/m1/s1. The second-order valence-corrected chi connectivity index (χ2v) is 4.80. The van der Waals surface area contributed by atoms with Crippen LogP contribution in [0.5, 0.6) is 6.01 Å². The predicted octanol–water partition coefficient (Wildman–Crippen LogP) is 1.52. The number of aliphatic hydroxyl groups is 1. The third kappa shape index (κ3) is 5.16. The number of rotatable bonds is 9. The molecule has 0 fully saturated rings. The van der Waals surface area contributed by atoms with E-state index in [1.54, 1.807) is 0 Å². The molecular weight excluding hydrogens is 258 g/mol. The third-order valence-electron chi connectivity index (χ3n) is 2.74. The number of anilines is 2. The fraction of sp³-hybridized carbons (Fsp3) is 0.769. The monoisotopic (exact) mass is 283 g/mol. The van der Waals surface area contributed by atoms with Crippen molar-refractivity contribution in [1.82, 2.24) is 15.0 Å². The highest BCUT2D eigenvalue weighted by molar-refractivity contribution is 5.36. The molecule has 1 rings (SSSR count). The Morgan fingerprint density at radius 3 is 2.40 bits per heavy atom. The summed E-state index contributed by atoms with van der Waals surface area (Å²) in [7, 11) is 0. The molecule has 7 nitrogen and oxygen atoms in total. The Balaban J connectivity index is 2.89. The molecule has 0 saturated heterocycles. The molecule has 20 heavy (non-hydrogen) atoms. The summed E-state index contributed by atoms with van der Waals surface area (Å²) in [6.07, 6.45) is 0.976. The lowest BCUT2D eigenvalue weighted by Gasteiger charge is -2.20. The lowest BCUT2D eigenvalue weighted by atomic mass is 10.1. The van der Waals surface area contributed by atoms with Gasteiger partial charge in [-0.1, -0.05) is 20.8 Å². The van der Waals surface area contributed by atoms with Crippen molar-refractivity contribution in [3.05, 3.63) is 0 Å². The van der Waals surface area contributed by atoms with Crippen LogP contribution in [-0.2, 0) is 0 Å². The van der Waals surface area contributed by atoms with Gasteiger partial charge in [0.15, 0.2) is 0 Å². The molecule has 7 heteroatoms. The highest BCUT2D eigenvalue weighted by Gasteiger charge is 2.15. The number of aromatic nitrogens is 3. The van der Waals surface area contributed by atoms with Crippen molar-refractivity contribution in [2.75, 3.05) is 30.4 Å². The average Bonchev–Trinajstić information content (AvgIpc) is 2.42. The van der Waals surface area contributed by atoms with Crippen molar-refractivity contribution in [3.63, 3.8) is 0 Å². The molecular formula is C13H25N5O2. The van der Waals surface area contributed by atoms with Crippen LogP contribution in [0.3, 0.4) is 0 Å². The first kappa shape index (κ1) is 16.4. The van der Waals surface area contributed by atoms with Crippen LogP contribution >= 0.6 is 0 Å². The number of hydrogen-bond donors (Lipinski definition) is 3. The molecule has 0 aliphatic carbocycles. The molecule has 0 bridgehead atoms. The topological polar surface area (TPSA) is 92.2 Å². The molecule has 1 aromatic heterocycles. The maximum Gasteiger partial charge on any atom is 0.323 e. The normalized spacial score (nSPS) is 12.3. The van der Waals surface area contributed by atoms with E-state index in [1.807, 2.05) is 20.8 Å². The van der Waals surface area contributed by atoms with E-state index < -0.39 is 0 Å². The second-order valence-electron chi connectivity index (χ2n) is 4.80. The van der Waals surface area contributed by atoms with Crippen LogP contribution in [0, 0.1) is 5.92 Å². The molecule has 0 saturated carbocycles. The summed E-state index contributed by atoms with van der Waals surface area (Å²) < 4.78 is 5.34. The minimum atomic E-state index is -0.106. The van der Waals surface area contributed by atoms with Crippen LogP contribution in [0.1, 0.15) is 34.1 Å². The highest BCUT2D eigenvalue weighted by atomic mass is 16.5. The predicted molar refractivity (Wildman–Crippen MR) is 79.1 cm³/mol. The number of hydrogen-bond acceptors (Lipinski definition) is 7. The van der Waals surface area contributed by atoms with Gasteiger partial charge in [0.2, 0.25) is 11.9 Å². The number of nitrogens with zero attached hydrogens (tertiary/aromatic N) is 3. The zero-order chi connectivity index (χ0) is 15.0. The minimum Gasteiger partial charge on any atom is -0.464 e. The van der Waals surface area contributed by atoms with Crippen molar-refractivity contribution >= 4 is 11.9 Å². The van der Waals surface area contributed by atoms with E-state index in [0.29, 0.717) is 18.5 Å². The first-order chi connectivity index (χ1) is 9.60. The maximum absolute atomic E-state index is 9.36. The molecule has 114 valence electrons. The molecule has 1 atom stereocenters. The summed E-state index contributed by atoms with van der Waals surface area (Å²) >= 11 is 0. The van der Waals surface area contributed by atoms with Crippen molar-refractivity contribution in [2.45, 2.75) is 40.2 Å². The zero-order valence-corrected chi connectivity index (χ0v) is 12.7. The van der Waals surface area contributed by atoms with Crippen LogP contribution in [0.4, 0.5) is 11.9 Å². The van der Waals surface area contributed by atoms with Gasteiger partial charge in [-0.05, 0) is 19.3 Å². The van der Waals surface area contributed by atoms with Gasteiger partial charge in [0.1, 0.15) is 0 Å². The van der Waals surface area contributed by atoms with E-state index in [-0.39, 0.29) is 24.6 Å². The number of nitrogens with one attached hydrogen (secondary N) is 2. The molecule has 0 radical (unpaired) electrons. The van der Waals surface area contributed by atoms with E-state index in [4.69, 9.17) is 4.74 Å². The van der Waals surface area contributed by atoms with Gasteiger partial charge in [-0.2, -0.15) is 15.0 Å². The molecule has 0 aliphatic heterocycles. The average molecular weight is 283 g/mol. The van der Waals surface area contributed by atoms with Gasteiger partial charge in [-0.3, -0.25) is 0 Å². The summed E-state index contributed by atoms with van der Waals surface area (Å²) in [4.78, 5) is 12.7. The molecule has 0 amide bonds. The Bertz CT molecular complexity index is 400. The molecule has 0 aromatic carbocycles. The van der Waals surface area contributed by atoms with Crippen LogP contribution in [0.2, 0.25) is 0 Å². The molecule has 1 heterocycles. The molecule has 0 aliphatic rings. The summed E-state index contributed by atoms with van der Waals surface area (Å²) in [5.41, 5.74) is 0. The van der Waals surface area contributed by atoms with Gasteiger partial charge in [0.25, 0.3) is 0 Å². The fourth-order valence-electron chi connectivity index (χ4n) is 1.52. The Morgan fingerprint density at radius 1 is 1.15 bits per heavy atom. The summed E-state index contributed by atoms with van der Waals surface area (Å²) in [6.45, 7) is 9.28. The fourth-order valence-corrected chi connectivity index (χ4v) is 1.52. The summed E-state index contributed by atoms with van der Waals surface area (Å²) in [5.74, 6) is 1.16. The zero-order valence-electron chi connectivity index (χ0n) is 12.7. The van der Waals surface area contributed by atoms with Crippen LogP contribution in [0.15, 0.2) is 0 Å². The Kier molecular flexibility index (Phi) is 7.00. The van der Waals surface area contributed by atoms with Gasteiger partial charge in [0, 0.05) is 6.54 Å². The smallest absolute Gasteiger partial charge is 0.323 e. The van der Waals surface area contributed by atoms with Gasteiger partial charge < -0.3 is 20.5 Å². The van der Waals surface area contributed by atoms with Crippen molar-refractivity contribution < 1.29 is 9.84 Å². The quantitative estimate of drug-likeness (QED) is 0.632.